The maximum absolute atomic E-state index is 11.9. The van der Waals surface area contributed by atoms with Gasteiger partial charge in [0.2, 0.25) is 5.91 Å². The Labute approximate surface area is 110 Å². The first-order valence-electron chi connectivity index (χ1n) is 4.64. The van der Waals surface area contributed by atoms with Gasteiger partial charge in [-0.25, -0.2) is 0 Å². The van der Waals surface area contributed by atoms with E-state index in [0.717, 1.165) is 6.42 Å². The van der Waals surface area contributed by atoms with E-state index in [1.54, 1.807) is 11.3 Å². The molecule has 1 N–H and O–H groups in total. The lowest BCUT2D eigenvalue weighted by Crippen LogP contribution is -2.32. The van der Waals surface area contributed by atoms with Gasteiger partial charge in [0.25, 0.3) is 0 Å². The molecule has 0 spiro atoms. The number of carbonyl (C=O) groups is 1. The Hall–Kier alpha value is 0.130. The van der Waals surface area contributed by atoms with E-state index in [2.05, 4.69) is 37.2 Å². The normalized spacial score (nSPS) is 27.4. The van der Waals surface area contributed by atoms with Crippen LogP contribution in [0, 0.1) is 5.41 Å². The van der Waals surface area contributed by atoms with Gasteiger partial charge < -0.3 is 5.32 Å². The smallest absolute Gasteiger partial charge is 0.228 e. The Bertz CT molecular complexity index is 377. The number of carbonyl (C=O) groups excluding carboxylic acids is 1. The molecule has 1 aliphatic rings. The molecule has 82 valence electrons. The standard InChI is InChI=1S/C10H11Br2NOS/c1-9(6-10(9,11)12)8(14)13-5-7-3-2-4-15-7/h2-4H,5-6H2,1H3,(H,13,14). The molecule has 1 fully saturated rings. The van der Waals surface area contributed by atoms with Crippen LogP contribution in [0.15, 0.2) is 17.5 Å². The van der Waals surface area contributed by atoms with Gasteiger partial charge >= 0.3 is 0 Å². The van der Waals surface area contributed by atoms with Crippen LogP contribution in [-0.2, 0) is 11.3 Å². The van der Waals surface area contributed by atoms with Gasteiger partial charge in [0.15, 0.2) is 0 Å². The minimum absolute atomic E-state index is 0.102. The maximum atomic E-state index is 11.9. The number of hydrogen-bond acceptors (Lipinski definition) is 2. The number of halogens is 2. The molecule has 1 heterocycles. The van der Waals surface area contributed by atoms with Crippen LogP contribution in [0.25, 0.3) is 0 Å². The van der Waals surface area contributed by atoms with E-state index in [0.29, 0.717) is 6.54 Å². The molecule has 1 unspecified atom stereocenters. The maximum Gasteiger partial charge on any atom is 0.228 e. The second-order valence-electron chi connectivity index (χ2n) is 3.98. The second kappa shape index (κ2) is 3.86. The molecule has 5 heteroatoms. The number of amides is 1. The summed E-state index contributed by atoms with van der Waals surface area (Å²) in [6, 6.07) is 4.01. The van der Waals surface area contributed by atoms with Gasteiger partial charge in [0.05, 0.1) is 15.2 Å². The first kappa shape index (κ1) is 11.6. The largest absolute Gasteiger partial charge is 0.351 e. The SMILES string of the molecule is CC1(C(=O)NCc2cccs2)CC1(Br)Br. The summed E-state index contributed by atoms with van der Waals surface area (Å²) in [6.45, 7) is 2.59. The molecule has 1 aromatic heterocycles. The van der Waals surface area contributed by atoms with Crippen molar-refractivity contribution in [3.63, 3.8) is 0 Å². The first-order valence-corrected chi connectivity index (χ1v) is 7.11. The number of alkyl halides is 2. The molecule has 0 aromatic carbocycles. The molecule has 2 rings (SSSR count). The van der Waals surface area contributed by atoms with Gasteiger partial charge in [-0.2, -0.15) is 0 Å². The summed E-state index contributed by atoms with van der Waals surface area (Å²) in [5, 5.41) is 4.97. The second-order valence-corrected chi connectivity index (χ2v) is 8.78. The highest BCUT2D eigenvalue weighted by Gasteiger charge is 2.66. The Morgan fingerprint density at radius 2 is 2.33 bits per heavy atom. The van der Waals surface area contributed by atoms with E-state index in [1.165, 1.54) is 4.88 Å². The lowest BCUT2D eigenvalue weighted by Gasteiger charge is -2.12. The van der Waals surface area contributed by atoms with E-state index in [9.17, 15) is 4.79 Å². The van der Waals surface area contributed by atoms with E-state index < -0.39 is 0 Å². The van der Waals surface area contributed by atoms with Crippen LogP contribution in [0.2, 0.25) is 0 Å². The fraction of sp³-hybridized carbons (Fsp3) is 0.500. The van der Waals surface area contributed by atoms with Crippen LogP contribution in [0.4, 0.5) is 0 Å². The van der Waals surface area contributed by atoms with E-state index in [-0.39, 0.29) is 14.6 Å². The molecule has 2 nitrogen and oxygen atoms in total. The molecular formula is C10H11Br2NOS. The molecule has 1 amide bonds. The van der Waals surface area contributed by atoms with Gasteiger partial charge in [-0.15, -0.1) is 11.3 Å². The highest BCUT2D eigenvalue weighted by molar-refractivity contribution is 9.25. The molecule has 0 bridgehead atoms. The van der Waals surface area contributed by atoms with Crippen LogP contribution in [0.5, 0.6) is 0 Å². The van der Waals surface area contributed by atoms with Crippen LogP contribution in [-0.4, -0.2) is 9.14 Å². The fourth-order valence-corrected chi connectivity index (χ4v) is 3.55. The fourth-order valence-electron chi connectivity index (χ4n) is 1.42. The van der Waals surface area contributed by atoms with Crippen molar-refractivity contribution in [2.45, 2.75) is 23.1 Å². The molecule has 0 aliphatic heterocycles. The zero-order chi connectivity index (χ0) is 11.1. The summed E-state index contributed by atoms with van der Waals surface area (Å²) < 4.78 is -0.202. The molecular weight excluding hydrogens is 342 g/mol. The Morgan fingerprint density at radius 1 is 1.67 bits per heavy atom. The molecule has 15 heavy (non-hydrogen) atoms. The van der Waals surface area contributed by atoms with E-state index >= 15 is 0 Å². The Morgan fingerprint density at radius 3 is 2.80 bits per heavy atom. The van der Waals surface area contributed by atoms with Crippen molar-refractivity contribution in [2.75, 3.05) is 0 Å². The minimum atomic E-state index is -0.315. The van der Waals surface area contributed by atoms with Gasteiger partial charge in [-0.1, -0.05) is 37.9 Å². The quantitative estimate of drug-likeness (QED) is 0.831. The topological polar surface area (TPSA) is 29.1 Å². The zero-order valence-corrected chi connectivity index (χ0v) is 12.2. The summed E-state index contributed by atoms with van der Waals surface area (Å²) in [4.78, 5) is 13.1. The van der Waals surface area contributed by atoms with Crippen LogP contribution >= 0.6 is 43.2 Å². The van der Waals surface area contributed by atoms with Gasteiger partial charge in [-0.3, -0.25) is 4.79 Å². The highest BCUT2D eigenvalue weighted by Crippen LogP contribution is 2.66. The number of nitrogens with one attached hydrogen (secondary N) is 1. The molecule has 0 radical (unpaired) electrons. The van der Waals surface area contributed by atoms with Crippen LogP contribution < -0.4 is 5.32 Å². The van der Waals surface area contributed by atoms with Crippen molar-refractivity contribution < 1.29 is 4.79 Å². The number of thiophene rings is 1. The molecule has 1 atom stereocenters. The third-order valence-electron chi connectivity index (χ3n) is 2.76. The summed E-state index contributed by atoms with van der Waals surface area (Å²) in [6.07, 6.45) is 0.830. The van der Waals surface area contributed by atoms with Gasteiger partial charge in [-0.05, 0) is 24.8 Å². The van der Waals surface area contributed by atoms with Crippen LogP contribution in [0.1, 0.15) is 18.2 Å². The molecule has 0 saturated heterocycles. The van der Waals surface area contributed by atoms with Crippen molar-refractivity contribution in [1.82, 2.24) is 5.32 Å². The molecule has 1 aliphatic carbocycles. The van der Waals surface area contributed by atoms with Crippen LogP contribution in [0.3, 0.4) is 0 Å². The first-order chi connectivity index (χ1) is 6.96. The lowest BCUT2D eigenvalue weighted by atomic mass is 10.1. The highest BCUT2D eigenvalue weighted by atomic mass is 79.9. The third kappa shape index (κ3) is 2.15. The molecule has 1 aromatic rings. The van der Waals surface area contributed by atoms with Crippen molar-refractivity contribution in [2.24, 2.45) is 5.41 Å². The number of rotatable bonds is 3. The average Bonchev–Trinajstić information content (AvgIpc) is 2.57. The van der Waals surface area contributed by atoms with Gasteiger partial charge in [0, 0.05) is 4.88 Å². The van der Waals surface area contributed by atoms with E-state index in [4.69, 9.17) is 0 Å². The van der Waals surface area contributed by atoms with Crippen molar-refractivity contribution in [3.05, 3.63) is 22.4 Å². The van der Waals surface area contributed by atoms with Crippen molar-refractivity contribution >= 4 is 49.1 Å². The monoisotopic (exact) mass is 351 g/mol. The third-order valence-corrected chi connectivity index (χ3v) is 5.95. The van der Waals surface area contributed by atoms with Crippen molar-refractivity contribution in [1.29, 1.82) is 0 Å². The Kier molecular flexibility index (Phi) is 2.99. The summed E-state index contributed by atoms with van der Waals surface area (Å²) in [5.74, 6) is 0.102. The van der Waals surface area contributed by atoms with E-state index in [1.807, 2.05) is 24.4 Å². The number of hydrogen-bond donors (Lipinski definition) is 1. The lowest BCUT2D eigenvalue weighted by molar-refractivity contribution is -0.125. The predicted molar refractivity (Wildman–Crippen MR) is 69.5 cm³/mol. The van der Waals surface area contributed by atoms with Gasteiger partial charge in [0.1, 0.15) is 0 Å². The summed E-state index contributed by atoms with van der Waals surface area (Å²) in [7, 11) is 0. The zero-order valence-electron chi connectivity index (χ0n) is 8.22. The summed E-state index contributed by atoms with van der Waals surface area (Å²) in [5.41, 5.74) is -0.315. The molecule has 1 saturated carbocycles. The Balaban J connectivity index is 1.89. The average molecular weight is 353 g/mol. The summed E-state index contributed by atoms with van der Waals surface area (Å²) >= 11 is 8.63. The predicted octanol–water partition coefficient (Wildman–Crippen LogP) is 3.26. The minimum Gasteiger partial charge on any atom is -0.351 e. The van der Waals surface area contributed by atoms with Crippen molar-refractivity contribution in [3.8, 4) is 0 Å².